The van der Waals surface area contributed by atoms with Crippen molar-refractivity contribution in [1.82, 2.24) is 0 Å². The zero-order valence-electron chi connectivity index (χ0n) is 12.6. The van der Waals surface area contributed by atoms with Crippen molar-refractivity contribution in [2.45, 2.75) is 52.5 Å². The van der Waals surface area contributed by atoms with Gasteiger partial charge in [-0.25, -0.2) is 4.39 Å². The van der Waals surface area contributed by atoms with Gasteiger partial charge in [0.15, 0.2) is 0 Å². The van der Waals surface area contributed by atoms with Gasteiger partial charge in [0.05, 0.1) is 0 Å². The molecule has 0 spiro atoms. The summed E-state index contributed by atoms with van der Waals surface area (Å²) < 4.78 is 14.0. The quantitative estimate of drug-likeness (QED) is 0.851. The first-order valence-corrected chi connectivity index (χ1v) is 7.87. The van der Waals surface area contributed by atoms with Crippen LogP contribution in [0.15, 0.2) is 18.2 Å². The van der Waals surface area contributed by atoms with E-state index >= 15 is 0 Å². The van der Waals surface area contributed by atoms with Crippen LogP contribution in [0.25, 0.3) is 0 Å². The highest BCUT2D eigenvalue weighted by Crippen LogP contribution is 2.42. The molecule has 3 heteroatoms. The average molecular weight is 298 g/mol. The molecule has 3 atom stereocenters. The van der Waals surface area contributed by atoms with Crippen molar-refractivity contribution in [3.05, 3.63) is 34.6 Å². The van der Waals surface area contributed by atoms with Crippen molar-refractivity contribution >= 4 is 11.6 Å². The first-order valence-electron chi connectivity index (χ1n) is 7.49. The third-order valence-electron chi connectivity index (χ3n) is 4.86. The number of hydrogen-bond donors (Lipinski definition) is 1. The molecule has 0 bridgehead atoms. The number of halogens is 2. The molecule has 1 aromatic carbocycles. The summed E-state index contributed by atoms with van der Waals surface area (Å²) in [7, 11) is 0. The van der Waals surface area contributed by atoms with Gasteiger partial charge < -0.3 is 5.73 Å². The first-order chi connectivity index (χ1) is 9.31. The van der Waals surface area contributed by atoms with Gasteiger partial charge in [0.25, 0.3) is 0 Å². The SMILES string of the molecule is CC1CCC(C(C)(C)Cc2c(F)cccc2Cl)C(N)C1. The monoisotopic (exact) mass is 297 g/mol. The number of nitrogens with two attached hydrogens (primary N) is 1. The van der Waals surface area contributed by atoms with Crippen LogP contribution in [0, 0.1) is 23.1 Å². The van der Waals surface area contributed by atoms with Crippen LogP contribution in [0.4, 0.5) is 4.39 Å². The van der Waals surface area contributed by atoms with E-state index in [0.717, 1.165) is 12.8 Å². The molecule has 0 aliphatic heterocycles. The minimum Gasteiger partial charge on any atom is -0.327 e. The van der Waals surface area contributed by atoms with Gasteiger partial charge in [-0.05, 0) is 48.6 Å². The highest BCUT2D eigenvalue weighted by Gasteiger charge is 2.38. The van der Waals surface area contributed by atoms with Crippen LogP contribution in [0.5, 0.6) is 0 Å². The van der Waals surface area contributed by atoms with E-state index in [2.05, 4.69) is 20.8 Å². The fraction of sp³-hybridized carbons (Fsp3) is 0.647. The average Bonchev–Trinajstić information content (AvgIpc) is 2.33. The summed E-state index contributed by atoms with van der Waals surface area (Å²) in [6, 6.07) is 5.11. The molecule has 0 heterocycles. The standard InChI is InChI=1S/C17H25ClFN/c1-11-7-8-13(16(20)9-11)17(2,3)10-12-14(18)5-4-6-15(12)19/h4-6,11,13,16H,7-10,20H2,1-3H3. The Balaban J connectivity index is 2.18. The second-order valence-corrected chi connectivity index (χ2v) is 7.46. The Hall–Kier alpha value is -0.600. The topological polar surface area (TPSA) is 26.0 Å². The van der Waals surface area contributed by atoms with Gasteiger partial charge in [0, 0.05) is 16.6 Å². The molecule has 0 amide bonds. The van der Waals surface area contributed by atoms with Crippen molar-refractivity contribution in [3.63, 3.8) is 0 Å². The molecule has 1 nitrogen and oxygen atoms in total. The molecular formula is C17H25ClFN. The van der Waals surface area contributed by atoms with Gasteiger partial charge in [-0.1, -0.05) is 44.9 Å². The molecule has 20 heavy (non-hydrogen) atoms. The number of benzene rings is 1. The van der Waals surface area contributed by atoms with E-state index in [9.17, 15) is 4.39 Å². The minimum atomic E-state index is -0.205. The van der Waals surface area contributed by atoms with Gasteiger partial charge in [-0.15, -0.1) is 0 Å². The fourth-order valence-electron chi connectivity index (χ4n) is 3.68. The molecule has 1 aliphatic carbocycles. The lowest BCUT2D eigenvalue weighted by Gasteiger charge is -2.43. The summed E-state index contributed by atoms with van der Waals surface area (Å²) in [6.07, 6.45) is 4.05. The van der Waals surface area contributed by atoms with Crippen LogP contribution in [0.1, 0.15) is 45.6 Å². The second kappa shape index (κ2) is 6.03. The molecule has 112 valence electrons. The van der Waals surface area contributed by atoms with E-state index in [1.165, 1.54) is 12.5 Å². The maximum atomic E-state index is 14.0. The summed E-state index contributed by atoms with van der Waals surface area (Å²) in [4.78, 5) is 0. The van der Waals surface area contributed by atoms with E-state index in [-0.39, 0.29) is 17.3 Å². The van der Waals surface area contributed by atoms with Crippen LogP contribution in [-0.4, -0.2) is 6.04 Å². The van der Waals surface area contributed by atoms with Gasteiger partial charge in [-0.2, -0.15) is 0 Å². The summed E-state index contributed by atoms with van der Waals surface area (Å²) in [6.45, 7) is 6.64. The van der Waals surface area contributed by atoms with Gasteiger partial charge in [0.1, 0.15) is 5.82 Å². The Kier molecular flexibility index (Phi) is 4.76. The van der Waals surface area contributed by atoms with Crippen molar-refractivity contribution in [2.24, 2.45) is 23.0 Å². The predicted octanol–water partition coefficient (Wildman–Crippen LogP) is 4.81. The van der Waals surface area contributed by atoms with Crippen LogP contribution in [0.3, 0.4) is 0 Å². The lowest BCUT2D eigenvalue weighted by Crippen LogP contribution is -2.44. The van der Waals surface area contributed by atoms with Crippen molar-refractivity contribution in [3.8, 4) is 0 Å². The molecule has 1 saturated carbocycles. The molecule has 1 aromatic rings. The summed E-state index contributed by atoms with van der Waals surface area (Å²) in [5.74, 6) is 0.923. The smallest absolute Gasteiger partial charge is 0.127 e. The Bertz CT molecular complexity index is 452. The Morgan fingerprint density at radius 3 is 2.65 bits per heavy atom. The zero-order chi connectivity index (χ0) is 14.9. The fourth-order valence-corrected chi connectivity index (χ4v) is 3.91. The Morgan fingerprint density at radius 1 is 1.35 bits per heavy atom. The summed E-state index contributed by atoms with van der Waals surface area (Å²) in [5.41, 5.74) is 6.95. The van der Waals surface area contributed by atoms with Crippen LogP contribution < -0.4 is 5.73 Å². The van der Waals surface area contributed by atoms with Gasteiger partial charge in [0.2, 0.25) is 0 Å². The van der Waals surface area contributed by atoms with E-state index in [1.807, 2.05) is 0 Å². The zero-order valence-corrected chi connectivity index (χ0v) is 13.4. The Labute approximate surface area is 126 Å². The Morgan fingerprint density at radius 2 is 2.05 bits per heavy atom. The van der Waals surface area contributed by atoms with Gasteiger partial charge >= 0.3 is 0 Å². The van der Waals surface area contributed by atoms with Crippen molar-refractivity contribution in [2.75, 3.05) is 0 Å². The summed E-state index contributed by atoms with van der Waals surface area (Å²) in [5, 5.41) is 0.524. The number of rotatable bonds is 3. The lowest BCUT2D eigenvalue weighted by molar-refractivity contribution is 0.112. The highest BCUT2D eigenvalue weighted by atomic mass is 35.5. The highest BCUT2D eigenvalue weighted by molar-refractivity contribution is 6.31. The van der Waals surface area contributed by atoms with Crippen LogP contribution in [-0.2, 0) is 6.42 Å². The second-order valence-electron chi connectivity index (χ2n) is 7.05. The third kappa shape index (κ3) is 3.35. The van der Waals surface area contributed by atoms with Crippen molar-refractivity contribution < 1.29 is 4.39 Å². The molecule has 3 unspecified atom stereocenters. The van der Waals surface area contributed by atoms with Gasteiger partial charge in [-0.3, -0.25) is 0 Å². The normalized spacial score (nSPS) is 27.6. The molecule has 1 fully saturated rings. The maximum absolute atomic E-state index is 14.0. The summed E-state index contributed by atoms with van der Waals surface area (Å²) >= 11 is 6.16. The lowest BCUT2D eigenvalue weighted by atomic mass is 9.64. The van der Waals surface area contributed by atoms with Crippen LogP contribution in [0.2, 0.25) is 5.02 Å². The molecule has 0 saturated heterocycles. The third-order valence-corrected chi connectivity index (χ3v) is 5.21. The van der Waals surface area contributed by atoms with E-state index in [1.54, 1.807) is 12.1 Å². The van der Waals surface area contributed by atoms with E-state index in [4.69, 9.17) is 17.3 Å². The van der Waals surface area contributed by atoms with E-state index in [0.29, 0.717) is 28.8 Å². The predicted molar refractivity (Wildman–Crippen MR) is 83.4 cm³/mol. The molecule has 2 N–H and O–H groups in total. The van der Waals surface area contributed by atoms with Crippen molar-refractivity contribution in [1.29, 1.82) is 0 Å². The molecule has 2 rings (SSSR count). The molecule has 0 radical (unpaired) electrons. The largest absolute Gasteiger partial charge is 0.327 e. The minimum absolute atomic E-state index is 0.0363. The first kappa shape index (κ1) is 15.8. The van der Waals surface area contributed by atoms with E-state index < -0.39 is 0 Å². The molecular weight excluding hydrogens is 273 g/mol. The molecule has 1 aliphatic rings. The van der Waals surface area contributed by atoms with Crippen LogP contribution >= 0.6 is 11.6 Å². The maximum Gasteiger partial charge on any atom is 0.127 e. The number of hydrogen-bond acceptors (Lipinski definition) is 1. The molecule has 0 aromatic heterocycles.